The minimum Gasteiger partial charge on any atom is -0.322 e. The number of fused-ring (bicyclic) bond motifs is 1. The SMILES string of the molecule is O=C1CCC(N2Cc3cccc(CN4CC5(CCCNC5)C4)c3C2=O)C(=O)N1. The molecule has 1 spiro atoms. The van der Waals surface area contributed by atoms with Crippen LogP contribution in [-0.2, 0) is 22.7 Å². The number of benzene rings is 1. The zero-order chi connectivity index (χ0) is 19.3. The van der Waals surface area contributed by atoms with Gasteiger partial charge in [0.1, 0.15) is 6.04 Å². The van der Waals surface area contributed by atoms with Crippen LogP contribution in [-0.4, -0.2) is 59.7 Å². The largest absolute Gasteiger partial charge is 0.322 e. The van der Waals surface area contributed by atoms with Crippen molar-refractivity contribution in [1.29, 1.82) is 0 Å². The van der Waals surface area contributed by atoms with Crippen molar-refractivity contribution in [3.8, 4) is 0 Å². The van der Waals surface area contributed by atoms with Crippen molar-refractivity contribution < 1.29 is 14.4 Å². The molecule has 0 aliphatic carbocycles. The van der Waals surface area contributed by atoms with Gasteiger partial charge in [0, 0.05) is 50.1 Å². The number of rotatable bonds is 3. The third-order valence-corrected chi connectivity index (χ3v) is 6.71. The fraction of sp³-hybridized carbons (Fsp3) is 0.571. The number of nitrogens with one attached hydrogen (secondary N) is 2. The predicted molar refractivity (Wildman–Crippen MR) is 102 cm³/mol. The molecule has 0 bridgehead atoms. The minimum absolute atomic E-state index is 0.0744. The van der Waals surface area contributed by atoms with Crippen LogP contribution < -0.4 is 10.6 Å². The number of amides is 3. The molecule has 4 heterocycles. The highest BCUT2D eigenvalue weighted by Crippen LogP contribution is 2.38. The lowest BCUT2D eigenvalue weighted by atomic mass is 9.74. The van der Waals surface area contributed by atoms with E-state index in [4.69, 9.17) is 0 Å². The molecular weight excluding hydrogens is 356 g/mol. The van der Waals surface area contributed by atoms with Gasteiger partial charge in [-0.3, -0.25) is 24.6 Å². The monoisotopic (exact) mass is 382 g/mol. The Labute approximate surface area is 164 Å². The second-order valence-corrected chi connectivity index (χ2v) is 8.78. The normalized spacial score (nSPS) is 26.9. The predicted octanol–water partition coefficient (Wildman–Crippen LogP) is 0.633. The third-order valence-electron chi connectivity index (χ3n) is 6.71. The van der Waals surface area contributed by atoms with Crippen LogP contribution in [0.5, 0.6) is 0 Å². The second kappa shape index (κ2) is 6.67. The van der Waals surface area contributed by atoms with E-state index in [-0.39, 0.29) is 24.1 Å². The number of hydrogen-bond donors (Lipinski definition) is 2. The molecule has 0 aromatic heterocycles. The summed E-state index contributed by atoms with van der Waals surface area (Å²) in [6, 6.07) is 5.47. The smallest absolute Gasteiger partial charge is 0.255 e. The molecule has 1 atom stereocenters. The number of nitrogens with zero attached hydrogens (tertiary/aromatic N) is 2. The summed E-state index contributed by atoms with van der Waals surface area (Å²) < 4.78 is 0. The molecule has 3 amide bonds. The Morgan fingerprint density at radius 2 is 2.04 bits per heavy atom. The van der Waals surface area contributed by atoms with E-state index in [1.54, 1.807) is 4.90 Å². The maximum atomic E-state index is 13.2. The molecule has 148 valence electrons. The quantitative estimate of drug-likeness (QED) is 0.750. The zero-order valence-electron chi connectivity index (χ0n) is 16.0. The van der Waals surface area contributed by atoms with Gasteiger partial charge in [-0.05, 0) is 36.9 Å². The van der Waals surface area contributed by atoms with Crippen molar-refractivity contribution in [1.82, 2.24) is 20.4 Å². The highest BCUT2D eigenvalue weighted by Gasteiger charge is 2.44. The first-order chi connectivity index (χ1) is 13.5. The van der Waals surface area contributed by atoms with Gasteiger partial charge in [-0.1, -0.05) is 18.2 Å². The van der Waals surface area contributed by atoms with Crippen molar-refractivity contribution >= 4 is 17.7 Å². The Kier molecular flexibility index (Phi) is 4.25. The lowest BCUT2D eigenvalue weighted by molar-refractivity contribution is -0.136. The Hall–Kier alpha value is -2.25. The van der Waals surface area contributed by atoms with Gasteiger partial charge < -0.3 is 10.2 Å². The van der Waals surface area contributed by atoms with Crippen LogP contribution in [0.25, 0.3) is 0 Å². The Morgan fingerprint density at radius 1 is 1.18 bits per heavy atom. The van der Waals surface area contributed by atoms with Gasteiger partial charge >= 0.3 is 0 Å². The lowest BCUT2D eigenvalue weighted by Gasteiger charge is -2.52. The number of carbonyl (C=O) groups excluding carboxylic acids is 3. The minimum atomic E-state index is -0.550. The molecule has 4 aliphatic rings. The van der Waals surface area contributed by atoms with E-state index in [9.17, 15) is 14.4 Å². The number of imide groups is 1. The van der Waals surface area contributed by atoms with Gasteiger partial charge in [-0.2, -0.15) is 0 Å². The number of likely N-dealkylation sites (tertiary alicyclic amines) is 1. The first kappa shape index (κ1) is 17.8. The fourth-order valence-electron chi connectivity index (χ4n) is 5.38. The molecular formula is C21H26N4O3. The van der Waals surface area contributed by atoms with Gasteiger partial charge in [-0.15, -0.1) is 0 Å². The molecule has 0 saturated carbocycles. The summed E-state index contributed by atoms with van der Waals surface area (Å²) in [7, 11) is 0. The fourth-order valence-corrected chi connectivity index (χ4v) is 5.38. The van der Waals surface area contributed by atoms with Crippen molar-refractivity contribution in [2.24, 2.45) is 5.41 Å². The molecule has 1 aromatic carbocycles. The topological polar surface area (TPSA) is 81.8 Å². The van der Waals surface area contributed by atoms with E-state index in [1.165, 1.54) is 12.8 Å². The van der Waals surface area contributed by atoms with Gasteiger partial charge in [-0.25, -0.2) is 0 Å². The molecule has 1 aromatic rings. The lowest BCUT2D eigenvalue weighted by Crippen LogP contribution is -2.61. The van der Waals surface area contributed by atoms with Crippen LogP contribution in [0.3, 0.4) is 0 Å². The molecule has 28 heavy (non-hydrogen) atoms. The number of hydrogen-bond acceptors (Lipinski definition) is 5. The summed E-state index contributed by atoms with van der Waals surface area (Å²) in [5, 5.41) is 5.88. The van der Waals surface area contributed by atoms with Crippen LogP contribution in [0.15, 0.2) is 18.2 Å². The van der Waals surface area contributed by atoms with Crippen LogP contribution in [0.4, 0.5) is 0 Å². The van der Waals surface area contributed by atoms with E-state index in [0.717, 1.165) is 49.4 Å². The first-order valence-corrected chi connectivity index (χ1v) is 10.2. The van der Waals surface area contributed by atoms with Crippen LogP contribution >= 0.6 is 0 Å². The highest BCUT2D eigenvalue weighted by atomic mass is 16.2. The highest BCUT2D eigenvalue weighted by molar-refractivity contribution is 6.05. The van der Waals surface area contributed by atoms with E-state index in [2.05, 4.69) is 15.5 Å². The van der Waals surface area contributed by atoms with E-state index in [1.807, 2.05) is 18.2 Å². The average Bonchev–Trinajstić information content (AvgIpc) is 2.99. The molecule has 4 aliphatic heterocycles. The average molecular weight is 382 g/mol. The second-order valence-electron chi connectivity index (χ2n) is 8.78. The summed E-state index contributed by atoms with van der Waals surface area (Å²) in [5.74, 6) is -0.682. The van der Waals surface area contributed by atoms with Gasteiger partial charge in [0.15, 0.2) is 0 Å². The van der Waals surface area contributed by atoms with Crippen molar-refractivity contribution in [2.45, 2.75) is 44.8 Å². The Morgan fingerprint density at radius 3 is 2.79 bits per heavy atom. The maximum absolute atomic E-state index is 13.2. The standard InChI is InChI=1S/C21H26N4O3/c26-17-6-5-16(19(27)23-17)25-10-15-4-1-3-14(18(15)20(25)28)9-24-12-21(13-24)7-2-8-22-11-21/h1,3-4,16,22H,2,5-13H2,(H,23,26,27). The summed E-state index contributed by atoms with van der Waals surface area (Å²) in [5.41, 5.74) is 3.21. The summed E-state index contributed by atoms with van der Waals surface area (Å²) in [6.45, 7) is 5.60. The molecule has 5 rings (SSSR count). The van der Waals surface area contributed by atoms with Crippen molar-refractivity contribution in [3.63, 3.8) is 0 Å². The molecule has 7 nitrogen and oxygen atoms in total. The molecule has 3 fully saturated rings. The van der Waals surface area contributed by atoms with Crippen LogP contribution in [0.1, 0.15) is 47.2 Å². The molecule has 2 N–H and O–H groups in total. The van der Waals surface area contributed by atoms with Crippen LogP contribution in [0, 0.1) is 5.41 Å². The van der Waals surface area contributed by atoms with Gasteiger partial charge in [0.2, 0.25) is 11.8 Å². The van der Waals surface area contributed by atoms with Gasteiger partial charge in [0.25, 0.3) is 5.91 Å². The third kappa shape index (κ3) is 2.93. The van der Waals surface area contributed by atoms with E-state index in [0.29, 0.717) is 18.4 Å². The molecule has 1 unspecified atom stereocenters. The Balaban J connectivity index is 1.31. The Bertz CT molecular complexity index is 838. The summed E-state index contributed by atoms with van der Waals surface area (Å²) >= 11 is 0. The molecule has 0 radical (unpaired) electrons. The zero-order valence-corrected chi connectivity index (χ0v) is 16.0. The maximum Gasteiger partial charge on any atom is 0.255 e. The molecule has 7 heteroatoms. The number of carbonyl (C=O) groups is 3. The summed E-state index contributed by atoms with van der Waals surface area (Å²) in [4.78, 5) is 40.9. The summed E-state index contributed by atoms with van der Waals surface area (Å²) in [6.07, 6.45) is 3.22. The van der Waals surface area contributed by atoms with Crippen molar-refractivity contribution in [2.75, 3.05) is 26.2 Å². The van der Waals surface area contributed by atoms with Gasteiger partial charge in [0.05, 0.1) is 0 Å². The van der Waals surface area contributed by atoms with E-state index >= 15 is 0 Å². The van der Waals surface area contributed by atoms with E-state index < -0.39 is 6.04 Å². The van der Waals surface area contributed by atoms with Crippen LogP contribution in [0.2, 0.25) is 0 Å². The van der Waals surface area contributed by atoms with Crippen molar-refractivity contribution in [3.05, 3.63) is 34.9 Å². The molecule has 3 saturated heterocycles. The number of piperidine rings is 2. The first-order valence-electron chi connectivity index (χ1n) is 10.2.